The molecule has 0 amide bonds. The molecule has 0 aromatic heterocycles. The number of hydrogen-bond donors (Lipinski definition) is 0. The molecule has 0 rings (SSSR count). The van der Waals surface area contributed by atoms with Crippen molar-refractivity contribution >= 4 is 11.6 Å². The van der Waals surface area contributed by atoms with Gasteiger partial charge in [-0.05, 0) is 69.4 Å². The number of carbonyl (C=O) groups is 2. The first-order valence-electron chi connectivity index (χ1n) is 13.4. The maximum Gasteiger partial charge on any atom is 0.159 e. The number of unbranched alkanes of at least 4 members (excludes halogenated alkanes) is 2. The lowest BCUT2D eigenvalue weighted by molar-refractivity contribution is -0.119. The zero-order chi connectivity index (χ0) is 25.9. The minimum Gasteiger partial charge on any atom is -0.300 e. The van der Waals surface area contributed by atoms with Gasteiger partial charge < -0.3 is 0 Å². The molecule has 0 bridgehead atoms. The molecule has 33 heavy (non-hydrogen) atoms. The second-order valence-corrected chi connectivity index (χ2v) is 10.9. The summed E-state index contributed by atoms with van der Waals surface area (Å²) in [5, 5.41) is 0. The second kappa shape index (κ2) is 20.0. The Labute approximate surface area is 207 Å². The van der Waals surface area contributed by atoms with Crippen LogP contribution in [0.2, 0.25) is 0 Å². The predicted molar refractivity (Wildman–Crippen MR) is 148 cm³/mol. The Kier molecular flexibility index (Phi) is 20.4. The SMILES string of the molecule is C=C/C(=C\C(CCC(C)(C)C)=C(C)C)C(C)=O.CCCCC(=O)CCCC[C@H](CC)CCC. The minimum absolute atomic E-state index is 0.0782. The Morgan fingerprint density at radius 2 is 1.45 bits per heavy atom. The number of Topliss-reactive ketones (excluding diaryl/α,β-unsaturated/α-hetero) is 2. The molecule has 0 unspecified atom stereocenters. The zero-order valence-corrected chi connectivity index (χ0v) is 23.7. The normalized spacial score (nSPS) is 12.5. The molecule has 0 aromatic rings. The van der Waals surface area contributed by atoms with Crippen LogP contribution >= 0.6 is 0 Å². The summed E-state index contributed by atoms with van der Waals surface area (Å²) in [6.45, 7) is 22.9. The first kappa shape index (κ1) is 33.7. The maximum atomic E-state index is 11.4. The molecule has 192 valence electrons. The molecule has 0 radical (unpaired) electrons. The van der Waals surface area contributed by atoms with Gasteiger partial charge in [0.05, 0.1) is 0 Å². The molecule has 0 N–H and O–H groups in total. The molecule has 2 heteroatoms. The van der Waals surface area contributed by atoms with Gasteiger partial charge in [0.15, 0.2) is 5.78 Å². The van der Waals surface area contributed by atoms with Gasteiger partial charge in [-0.15, -0.1) is 0 Å². The molecule has 0 aliphatic carbocycles. The van der Waals surface area contributed by atoms with E-state index in [9.17, 15) is 9.59 Å². The van der Waals surface area contributed by atoms with Gasteiger partial charge in [0.2, 0.25) is 0 Å². The summed E-state index contributed by atoms with van der Waals surface area (Å²) in [6.07, 6.45) is 17.2. The largest absolute Gasteiger partial charge is 0.300 e. The highest BCUT2D eigenvalue weighted by atomic mass is 16.1. The molecule has 1 atom stereocenters. The van der Waals surface area contributed by atoms with Crippen molar-refractivity contribution in [3.8, 4) is 0 Å². The van der Waals surface area contributed by atoms with Crippen LogP contribution in [-0.4, -0.2) is 11.6 Å². The van der Waals surface area contributed by atoms with E-state index in [0.717, 1.165) is 50.9 Å². The quantitative estimate of drug-likeness (QED) is 0.130. The smallest absolute Gasteiger partial charge is 0.159 e. The number of ketones is 2. The molecule has 0 aliphatic rings. The van der Waals surface area contributed by atoms with E-state index < -0.39 is 0 Å². The summed E-state index contributed by atoms with van der Waals surface area (Å²) in [5.74, 6) is 1.45. The van der Waals surface area contributed by atoms with Crippen molar-refractivity contribution in [3.63, 3.8) is 0 Å². The third-order valence-electron chi connectivity index (χ3n) is 6.14. The lowest BCUT2D eigenvalue weighted by atomic mass is 9.87. The van der Waals surface area contributed by atoms with Gasteiger partial charge in [-0.25, -0.2) is 0 Å². The van der Waals surface area contributed by atoms with Gasteiger partial charge in [0.1, 0.15) is 5.78 Å². The summed E-state index contributed by atoms with van der Waals surface area (Å²) in [4.78, 5) is 22.8. The van der Waals surface area contributed by atoms with E-state index in [1.807, 2.05) is 6.08 Å². The first-order chi connectivity index (χ1) is 15.4. The Hall–Kier alpha value is -1.44. The monoisotopic (exact) mass is 460 g/mol. The van der Waals surface area contributed by atoms with E-state index in [1.54, 1.807) is 13.0 Å². The van der Waals surface area contributed by atoms with Gasteiger partial charge in [0, 0.05) is 18.4 Å². The average molecular weight is 461 g/mol. The Morgan fingerprint density at radius 3 is 1.88 bits per heavy atom. The molecule has 0 spiro atoms. The molecule has 0 aliphatic heterocycles. The second-order valence-electron chi connectivity index (χ2n) is 10.9. The van der Waals surface area contributed by atoms with Gasteiger partial charge in [-0.2, -0.15) is 0 Å². The molecule has 0 saturated heterocycles. The first-order valence-corrected chi connectivity index (χ1v) is 13.4. The molecule has 0 aromatic carbocycles. The van der Waals surface area contributed by atoms with Crippen LogP contribution in [0.25, 0.3) is 0 Å². The van der Waals surface area contributed by atoms with E-state index in [2.05, 4.69) is 62.0 Å². The van der Waals surface area contributed by atoms with Crippen LogP contribution in [0.5, 0.6) is 0 Å². The minimum atomic E-state index is 0.0782. The average Bonchev–Trinajstić information content (AvgIpc) is 2.73. The van der Waals surface area contributed by atoms with E-state index in [4.69, 9.17) is 0 Å². The summed E-state index contributed by atoms with van der Waals surface area (Å²) < 4.78 is 0. The number of allylic oxidation sites excluding steroid dienone is 5. The molecular weight excluding hydrogens is 404 g/mol. The molecule has 2 nitrogen and oxygen atoms in total. The van der Waals surface area contributed by atoms with E-state index >= 15 is 0 Å². The summed E-state index contributed by atoms with van der Waals surface area (Å²) in [7, 11) is 0. The van der Waals surface area contributed by atoms with E-state index in [0.29, 0.717) is 16.8 Å². The van der Waals surface area contributed by atoms with Crippen molar-refractivity contribution in [2.75, 3.05) is 0 Å². The van der Waals surface area contributed by atoms with Crippen molar-refractivity contribution in [3.05, 3.63) is 35.5 Å². The lowest BCUT2D eigenvalue weighted by Gasteiger charge is -2.19. The highest BCUT2D eigenvalue weighted by molar-refractivity contribution is 5.96. The highest BCUT2D eigenvalue weighted by Crippen LogP contribution is 2.26. The van der Waals surface area contributed by atoms with Crippen molar-refractivity contribution < 1.29 is 9.59 Å². The fourth-order valence-corrected chi connectivity index (χ4v) is 3.68. The van der Waals surface area contributed by atoms with Crippen LogP contribution in [0.15, 0.2) is 35.5 Å². The predicted octanol–water partition coefficient (Wildman–Crippen LogP) is 9.98. The van der Waals surface area contributed by atoms with E-state index in [-0.39, 0.29) is 5.78 Å². The number of carbonyl (C=O) groups excluding carboxylic acids is 2. The fraction of sp³-hybridized carbons (Fsp3) is 0.742. The van der Waals surface area contributed by atoms with Gasteiger partial charge in [0.25, 0.3) is 0 Å². The third-order valence-corrected chi connectivity index (χ3v) is 6.14. The summed E-state index contributed by atoms with van der Waals surface area (Å²) >= 11 is 0. The molecule has 0 fully saturated rings. The van der Waals surface area contributed by atoms with Crippen LogP contribution in [-0.2, 0) is 9.59 Å². The fourth-order valence-electron chi connectivity index (χ4n) is 3.68. The van der Waals surface area contributed by atoms with Crippen molar-refractivity contribution in [1.82, 2.24) is 0 Å². The maximum absolute atomic E-state index is 11.4. The van der Waals surface area contributed by atoms with Crippen LogP contribution in [0.1, 0.15) is 139 Å². The summed E-state index contributed by atoms with van der Waals surface area (Å²) in [5.41, 5.74) is 3.55. The zero-order valence-electron chi connectivity index (χ0n) is 23.7. The number of rotatable bonds is 16. The molecule has 0 saturated carbocycles. The van der Waals surface area contributed by atoms with Crippen molar-refractivity contribution in [2.24, 2.45) is 11.3 Å². The number of hydrogen-bond acceptors (Lipinski definition) is 2. The van der Waals surface area contributed by atoms with Gasteiger partial charge in [-0.1, -0.05) is 98.3 Å². The Balaban J connectivity index is 0. The van der Waals surface area contributed by atoms with Crippen LogP contribution in [0.4, 0.5) is 0 Å². The third kappa shape index (κ3) is 20.9. The van der Waals surface area contributed by atoms with Crippen LogP contribution in [0.3, 0.4) is 0 Å². The Morgan fingerprint density at radius 1 is 0.848 bits per heavy atom. The van der Waals surface area contributed by atoms with Gasteiger partial charge in [-0.3, -0.25) is 9.59 Å². The Bertz CT molecular complexity index is 609. The standard InChI is InChI=1S/C16H26O.C15H30O/c1-8-14(13(4)17)11-15(12(2)3)9-10-16(5,6)7;1-4-7-12-15(16)13-9-8-11-14(6-3)10-5-2/h8,11H,1,9-10H2,2-7H3;14H,4-13H2,1-3H3/b14-11+;/t;14-/m.1/s1. The highest BCUT2D eigenvalue weighted by Gasteiger charge is 2.12. The topological polar surface area (TPSA) is 34.1 Å². The summed E-state index contributed by atoms with van der Waals surface area (Å²) in [6, 6.07) is 0. The van der Waals surface area contributed by atoms with Crippen LogP contribution in [0, 0.1) is 11.3 Å². The van der Waals surface area contributed by atoms with E-state index in [1.165, 1.54) is 43.3 Å². The van der Waals surface area contributed by atoms with Crippen molar-refractivity contribution in [1.29, 1.82) is 0 Å². The lowest BCUT2D eigenvalue weighted by Crippen LogP contribution is -2.05. The molecule has 0 heterocycles. The van der Waals surface area contributed by atoms with Crippen molar-refractivity contribution in [2.45, 2.75) is 139 Å². The van der Waals surface area contributed by atoms with Crippen LogP contribution < -0.4 is 0 Å². The van der Waals surface area contributed by atoms with Gasteiger partial charge >= 0.3 is 0 Å². The molecular formula is C31H56O2.